The van der Waals surface area contributed by atoms with E-state index in [1.165, 1.54) is 5.06 Å². The molecule has 5 nitrogen and oxygen atoms in total. The summed E-state index contributed by atoms with van der Waals surface area (Å²) in [6, 6.07) is 0. The minimum atomic E-state index is -2.87. The van der Waals surface area contributed by atoms with Crippen LogP contribution in [0.2, 0.25) is 0 Å². The minimum absolute atomic E-state index is 0.0491. The number of carbonyl (C=O) groups is 1. The number of ketones is 1. The number of hydrogen-bond acceptors (Lipinski definition) is 5. The number of carbonyl (C=O) groups excluding carboxylic acids is 1. The molecule has 128 valence electrons. The first-order valence-corrected chi connectivity index (χ1v) is 9.97. The van der Waals surface area contributed by atoms with Crippen LogP contribution >= 0.6 is 0 Å². The molecular formula is C16H29NO4S. The largest absolute Gasteiger partial charge is 0.313 e. The third kappa shape index (κ3) is 3.89. The molecule has 0 aromatic heterocycles. The summed E-state index contributed by atoms with van der Waals surface area (Å²) in [6.45, 7) is 7.84. The quantitative estimate of drug-likeness (QED) is 0.859. The summed E-state index contributed by atoms with van der Waals surface area (Å²) >= 11 is 0. The lowest BCUT2D eigenvalue weighted by Gasteiger charge is -2.51. The zero-order valence-electron chi connectivity index (χ0n) is 14.1. The molecule has 0 unspecified atom stereocenters. The Labute approximate surface area is 133 Å². The van der Waals surface area contributed by atoms with Gasteiger partial charge in [-0.25, -0.2) is 8.42 Å². The molecule has 0 amide bonds. The fourth-order valence-electron chi connectivity index (χ4n) is 4.09. The highest BCUT2D eigenvalue weighted by Gasteiger charge is 2.47. The van der Waals surface area contributed by atoms with Gasteiger partial charge in [0.2, 0.25) is 0 Å². The number of hydrogen-bond donors (Lipinski definition) is 1. The van der Waals surface area contributed by atoms with Crippen LogP contribution in [0.25, 0.3) is 0 Å². The second-order valence-corrected chi connectivity index (χ2v) is 10.6. The Hall–Kier alpha value is -0.460. The Morgan fingerprint density at radius 2 is 1.55 bits per heavy atom. The van der Waals surface area contributed by atoms with Gasteiger partial charge in [-0.15, -0.1) is 0 Å². The maximum atomic E-state index is 12.7. The Morgan fingerprint density at radius 1 is 1.09 bits per heavy atom. The summed E-state index contributed by atoms with van der Waals surface area (Å²) in [6.07, 6.45) is 3.00. The van der Waals surface area contributed by atoms with Crippen LogP contribution in [-0.4, -0.2) is 47.1 Å². The van der Waals surface area contributed by atoms with Gasteiger partial charge in [0.1, 0.15) is 15.6 Å². The van der Waals surface area contributed by atoms with Crippen LogP contribution in [0.3, 0.4) is 0 Å². The van der Waals surface area contributed by atoms with E-state index >= 15 is 0 Å². The van der Waals surface area contributed by atoms with E-state index in [4.69, 9.17) is 0 Å². The molecule has 6 heteroatoms. The van der Waals surface area contributed by atoms with Crippen LogP contribution in [0.1, 0.15) is 59.8 Å². The topological polar surface area (TPSA) is 74.7 Å². The lowest BCUT2D eigenvalue weighted by Crippen LogP contribution is -2.59. The van der Waals surface area contributed by atoms with Crippen molar-refractivity contribution in [1.29, 1.82) is 0 Å². The van der Waals surface area contributed by atoms with E-state index in [0.717, 1.165) is 0 Å². The van der Waals surface area contributed by atoms with E-state index in [1.807, 2.05) is 27.7 Å². The maximum absolute atomic E-state index is 12.7. The van der Waals surface area contributed by atoms with Gasteiger partial charge >= 0.3 is 0 Å². The van der Waals surface area contributed by atoms with E-state index < -0.39 is 20.9 Å². The summed E-state index contributed by atoms with van der Waals surface area (Å²) < 4.78 is 22.9. The first kappa shape index (κ1) is 17.9. The second kappa shape index (κ2) is 5.87. The van der Waals surface area contributed by atoms with Crippen molar-refractivity contribution in [2.75, 3.05) is 11.5 Å². The Morgan fingerprint density at radius 3 is 2.00 bits per heavy atom. The molecule has 2 aliphatic rings. The lowest BCUT2D eigenvalue weighted by atomic mass is 9.72. The van der Waals surface area contributed by atoms with Crippen LogP contribution in [0, 0.1) is 11.8 Å². The molecule has 2 saturated heterocycles. The standard InChI is InChI=1S/C16H29NO4S/c1-15(2)10-13(11-16(3,4)17(15)19)14(18)9-12-5-7-22(20,21)8-6-12/h12-13,19H,5-11H2,1-4H3. The Kier molecular flexibility index (Phi) is 4.78. The Bertz CT molecular complexity index is 506. The van der Waals surface area contributed by atoms with Gasteiger partial charge in [-0.1, -0.05) is 0 Å². The van der Waals surface area contributed by atoms with Crippen molar-refractivity contribution in [2.24, 2.45) is 11.8 Å². The molecule has 0 aromatic rings. The summed E-state index contributed by atoms with van der Waals surface area (Å²) in [7, 11) is -2.87. The second-order valence-electron chi connectivity index (χ2n) is 8.31. The molecular weight excluding hydrogens is 302 g/mol. The molecule has 0 radical (unpaired) electrons. The van der Waals surface area contributed by atoms with E-state index in [9.17, 15) is 18.4 Å². The molecule has 1 N–H and O–H groups in total. The molecule has 0 aromatic carbocycles. The smallest absolute Gasteiger partial charge is 0.150 e. The van der Waals surface area contributed by atoms with Gasteiger partial charge in [0.15, 0.2) is 0 Å². The highest BCUT2D eigenvalue weighted by atomic mass is 32.2. The third-order valence-electron chi connectivity index (χ3n) is 5.26. The minimum Gasteiger partial charge on any atom is -0.313 e. The molecule has 0 atom stereocenters. The predicted octanol–water partition coefficient (Wildman–Crippen LogP) is 2.43. The van der Waals surface area contributed by atoms with Crippen LogP contribution in [0.5, 0.6) is 0 Å². The average Bonchev–Trinajstić information content (AvgIpc) is 2.37. The summed E-state index contributed by atoms with van der Waals surface area (Å²) in [5.74, 6) is 0.827. The van der Waals surface area contributed by atoms with Crippen molar-refractivity contribution in [3.05, 3.63) is 0 Å². The zero-order valence-corrected chi connectivity index (χ0v) is 14.9. The van der Waals surface area contributed by atoms with Crippen LogP contribution < -0.4 is 0 Å². The number of hydroxylamine groups is 2. The molecule has 2 aliphatic heterocycles. The van der Waals surface area contributed by atoms with Crippen molar-refractivity contribution < 1.29 is 18.4 Å². The molecule has 0 bridgehead atoms. The van der Waals surface area contributed by atoms with Crippen molar-refractivity contribution in [3.8, 4) is 0 Å². The molecule has 0 saturated carbocycles. The van der Waals surface area contributed by atoms with Crippen molar-refractivity contribution in [3.63, 3.8) is 0 Å². The summed E-state index contributed by atoms with van der Waals surface area (Å²) in [5, 5.41) is 11.7. The lowest BCUT2D eigenvalue weighted by molar-refractivity contribution is -0.249. The molecule has 2 rings (SSSR count). The average molecular weight is 331 g/mol. The monoisotopic (exact) mass is 331 g/mol. The van der Waals surface area contributed by atoms with Crippen LogP contribution in [-0.2, 0) is 14.6 Å². The molecule has 2 fully saturated rings. The van der Waals surface area contributed by atoms with Crippen molar-refractivity contribution >= 4 is 15.6 Å². The summed E-state index contributed by atoms with van der Waals surface area (Å²) in [4.78, 5) is 12.7. The maximum Gasteiger partial charge on any atom is 0.150 e. The number of rotatable bonds is 3. The Balaban J connectivity index is 1.98. The van der Waals surface area contributed by atoms with Gasteiger partial charge in [-0.2, -0.15) is 5.06 Å². The number of Topliss-reactive ketones (excluding diaryl/α,β-unsaturated/α-hetero) is 1. The molecule has 0 aliphatic carbocycles. The predicted molar refractivity (Wildman–Crippen MR) is 85.5 cm³/mol. The van der Waals surface area contributed by atoms with Crippen molar-refractivity contribution in [2.45, 2.75) is 70.9 Å². The van der Waals surface area contributed by atoms with Gasteiger partial charge in [0.05, 0.1) is 11.5 Å². The number of piperidine rings is 1. The number of nitrogens with zero attached hydrogens (tertiary/aromatic N) is 1. The van der Waals surface area contributed by atoms with Crippen molar-refractivity contribution in [1.82, 2.24) is 5.06 Å². The highest BCUT2D eigenvalue weighted by Crippen LogP contribution is 2.41. The zero-order chi connectivity index (χ0) is 16.8. The summed E-state index contributed by atoms with van der Waals surface area (Å²) in [5.41, 5.74) is -0.837. The first-order valence-electron chi connectivity index (χ1n) is 8.15. The van der Waals surface area contributed by atoms with Crippen LogP contribution in [0.4, 0.5) is 0 Å². The normalized spacial score (nSPS) is 29.3. The van der Waals surface area contributed by atoms with E-state index in [2.05, 4.69) is 0 Å². The molecule has 22 heavy (non-hydrogen) atoms. The van der Waals surface area contributed by atoms with Gasteiger partial charge in [-0.05, 0) is 59.3 Å². The van der Waals surface area contributed by atoms with Crippen LogP contribution in [0.15, 0.2) is 0 Å². The van der Waals surface area contributed by atoms with Gasteiger partial charge < -0.3 is 5.21 Å². The fourth-order valence-corrected chi connectivity index (χ4v) is 5.68. The number of sulfone groups is 1. The van der Waals surface area contributed by atoms with Gasteiger partial charge in [0, 0.05) is 23.4 Å². The van der Waals surface area contributed by atoms with E-state index in [0.29, 0.717) is 32.1 Å². The van der Waals surface area contributed by atoms with E-state index in [-0.39, 0.29) is 29.1 Å². The van der Waals surface area contributed by atoms with Gasteiger partial charge in [0.25, 0.3) is 0 Å². The van der Waals surface area contributed by atoms with E-state index in [1.54, 1.807) is 0 Å². The first-order chi connectivity index (χ1) is 9.93. The third-order valence-corrected chi connectivity index (χ3v) is 6.97. The molecule has 2 heterocycles. The molecule has 0 spiro atoms. The van der Waals surface area contributed by atoms with Gasteiger partial charge in [-0.3, -0.25) is 4.79 Å². The fraction of sp³-hybridized carbons (Fsp3) is 0.938. The highest BCUT2D eigenvalue weighted by molar-refractivity contribution is 7.91. The SMILES string of the molecule is CC1(C)CC(C(=O)CC2CCS(=O)(=O)CC2)CC(C)(C)N1O.